The van der Waals surface area contributed by atoms with Gasteiger partial charge in [0.15, 0.2) is 0 Å². The van der Waals surface area contributed by atoms with Crippen molar-refractivity contribution in [3.05, 3.63) is 23.0 Å². The summed E-state index contributed by atoms with van der Waals surface area (Å²) in [6.45, 7) is 4.06. The predicted octanol–water partition coefficient (Wildman–Crippen LogP) is 0.928. The van der Waals surface area contributed by atoms with Crippen LogP contribution in [0.25, 0.3) is 0 Å². The standard InChI is InChI=1S/C9H13BClNO2/c1-3-6(2)8-4-7(10(13)14)5-9(11)12-8/h4-6,13-14H,3H2,1-2H3. The molecule has 0 amide bonds. The first-order valence-electron chi connectivity index (χ1n) is 4.58. The van der Waals surface area contributed by atoms with Gasteiger partial charge in [-0.1, -0.05) is 25.4 Å². The van der Waals surface area contributed by atoms with Crippen LogP contribution in [0.15, 0.2) is 12.1 Å². The lowest BCUT2D eigenvalue weighted by Crippen LogP contribution is -2.30. The maximum Gasteiger partial charge on any atom is 0.488 e. The minimum Gasteiger partial charge on any atom is -0.423 e. The summed E-state index contributed by atoms with van der Waals surface area (Å²) in [6.07, 6.45) is 0.939. The first-order valence-corrected chi connectivity index (χ1v) is 4.96. The molecule has 0 aliphatic carbocycles. The third kappa shape index (κ3) is 2.70. The molecule has 1 rings (SSSR count). The van der Waals surface area contributed by atoms with Crippen molar-refractivity contribution in [2.24, 2.45) is 0 Å². The summed E-state index contributed by atoms with van der Waals surface area (Å²) in [5, 5.41) is 18.3. The minimum absolute atomic E-state index is 0.270. The van der Waals surface area contributed by atoms with Crippen LogP contribution >= 0.6 is 11.6 Å². The number of halogens is 1. The molecule has 0 spiro atoms. The molecule has 0 saturated heterocycles. The van der Waals surface area contributed by atoms with Gasteiger partial charge in [0.25, 0.3) is 0 Å². The second-order valence-corrected chi connectivity index (χ2v) is 3.72. The van der Waals surface area contributed by atoms with E-state index in [-0.39, 0.29) is 5.92 Å². The van der Waals surface area contributed by atoms with Crippen molar-refractivity contribution in [1.29, 1.82) is 0 Å². The van der Waals surface area contributed by atoms with E-state index in [1.807, 2.05) is 13.8 Å². The molecule has 0 bridgehead atoms. The Balaban J connectivity index is 3.07. The van der Waals surface area contributed by atoms with Gasteiger partial charge in [0.2, 0.25) is 0 Å². The molecule has 0 aliphatic rings. The molecule has 1 atom stereocenters. The highest BCUT2D eigenvalue weighted by Gasteiger charge is 2.15. The van der Waals surface area contributed by atoms with Crippen LogP contribution in [0.3, 0.4) is 0 Å². The fourth-order valence-corrected chi connectivity index (χ4v) is 1.37. The fraction of sp³-hybridized carbons (Fsp3) is 0.444. The molecular weight excluding hydrogens is 200 g/mol. The number of pyridine rings is 1. The highest BCUT2D eigenvalue weighted by molar-refractivity contribution is 6.59. The van der Waals surface area contributed by atoms with Crippen molar-refractivity contribution in [3.63, 3.8) is 0 Å². The lowest BCUT2D eigenvalue weighted by molar-refractivity contribution is 0.425. The van der Waals surface area contributed by atoms with Crippen LogP contribution < -0.4 is 5.46 Å². The van der Waals surface area contributed by atoms with Crippen molar-refractivity contribution < 1.29 is 10.0 Å². The highest BCUT2D eigenvalue weighted by atomic mass is 35.5. The molecule has 1 aromatic heterocycles. The SMILES string of the molecule is CCC(C)c1cc(B(O)O)cc(Cl)n1. The monoisotopic (exact) mass is 213 g/mol. The van der Waals surface area contributed by atoms with Crippen LogP contribution in [0.4, 0.5) is 0 Å². The smallest absolute Gasteiger partial charge is 0.423 e. The maximum atomic E-state index is 9.00. The molecule has 1 heterocycles. The number of hydrogen-bond acceptors (Lipinski definition) is 3. The normalized spacial score (nSPS) is 12.6. The molecule has 1 unspecified atom stereocenters. The summed E-state index contributed by atoms with van der Waals surface area (Å²) in [4.78, 5) is 4.13. The molecular formula is C9H13BClNO2. The van der Waals surface area contributed by atoms with Gasteiger partial charge in [-0.25, -0.2) is 4.98 Å². The van der Waals surface area contributed by atoms with Gasteiger partial charge in [0, 0.05) is 5.69 Å². The zero-order chi connectivity index (χ0) is 10.7. The molecule has 0 radical (unpaired) electrons. The lowest BCUT2D eigenvalue weighted by atomic mass is 9.80. The van der Waals surface area contributed by atoms with Crippen molar-refractivity contribution in [2.45, 2.75) is 26.2 Å². The van der Waals surface area contributed by atoms with E-state index in [1.165, 1.54) is 6.07 Å². The molecule has 14 heavy (non-hydrogen) atoms. The van der Waals surface area contributed by atoms with Crippen LogP contribution in [0.1, 0.15) is 31.9 Å². The van der Waals surface area contributed by atoms with Crippen LogP contribution in [0.2, 0.25) is 5.15 Å². The van der Waals surface area contributed by atoms with E-state index in [4.69, 9.17) is 21.6 Å². The Labute approximate surface area is 88.9 Å². The Morgan fingerprint density at radius 2 is 2.14 bits per heavy atom. The van der Waals surface area contributed by atoms with Gasteiger partial charge in [0.1, 0.15) is 5.15 Å². The summed E-state index contributed by atoms with van der Waals surface area (Å²) in [5.74, 6) is 0.270. The second kappa shape index (κ2) is 4.78. The van der Waals surface area contributed by atoms with E-state index in [1.54, 1.807) is 6.07 Å². The summed E-state index contributed by atoms with van der Waals surface area (Å²) >= 11 is 5.76. The van der Waals surface area contributed by atoms with Gasteiger partial charge >= 0.3 is 7.12 Å². The van der Waals surface area contributed by atoms with Crippen molar-refractivity contribution in [2.75, 3.05) is 0 Å². The molecule has 0 aromatic carbocycles. The fourth-order valence-electron chi connectivity index (χ4n) is 1.15. The number of aromatic nitrogens is 1. The van der Waals surface area contributed by atoms with Crippen LogP contribution in [-0.2, 0) is 0 Å². The largest absolute Gasteiger partial charge is 0.488 e. The lowest BCUT2D eigenvalue weighted by Gasteiger charge is -2.10. The average molecular weight is 213 g/mol. The molecule has 0 fully saturated rings. The zero-order valence-electron chi connectivity index (χ0n) is 8.24. The molecule has 2 N–H and O–H groups in total. The molecule has 0 saturated carbocycles. The van der Waals surface area contributed by atoms with E-state index in [2.05, 4.69) is 4.98 Å². The van der Waals surface area contributed by atoms with Crippen LogP contribution in [0, 0.1) is 0 Å². The van der Waals surface area contributed by atoms with Gasteiger partial charge in [-0.05, 0) is 29.9 Å². The van der Waals surface area contributed by atoms with Gasteiger partial charge in [0.05, 0.1) is 0 Å². The second-order valence-electron chi connectivity index (χ2n) is 3.33. The number of hydrogen-bond donors (Lipinski definition) is 2. The van der Waals surface area contributed by atoms with E-state index in [0.29, 0.717) is 10.6 Å². The van der Waals surface area contributed by atoms with Gasteiger partial charge in [-0.2, -0.15) is 0 Å². The Morgan fingerprint density at radius 3 is 2.64 bits per heavy atom. The average Bonchev–Trinajstić information content (AvgIpc) is 2.15. The molecule has 0 aliphatic heterocycles. The third-order valence-corrected chi connectivity index (χ3v) is 2.45. The summed E-state index contributed by atoms with van der Waals surface area (Å²) in [7, 11) is -1.49. The van der Waals surface area contributed by atoms with Gasteiger partial charge in [-0.15, -0.1) is 0 Å². The van der Waals surface area contributed by atoms with Crippen LogP contribution in [0.5, 0.6) is 0 Å². The Hall–Kier alpha value is -0.575. The Morgan fingerprint density at radius 1 is 1.50 bits per heavy atom. The first-order chi connectivity index (χ1) is 6.54. The highest BCUT2D eigenvalue weighted by Crippen LogP contribution is 2.17. The summed E-state index contributed by atoms with van der Waals surface area (Å²) in [5.41, 5.74) is 1.18. The molecule has 1 aromatic rings. The van der Waals surface area contributed by atoms with E-state index in [9.17, 15) is 0 Å². The van der Waals surface area contributed by atoms with E-state index in [0.717, 1.165) is 12.1 Å². The Bertz CT molecular complexity index is 320. The van der Waals surface area contributed by atoms with Crippen molar-refractivity contribution in [3.8, 4) is 0 Å². The van der Waals surface area contributed by atoms with Gasteiger partial charge in [-0.3, -0.25) is 0 Å². The van der Waals surface area contributed by atoms with E-state index >= 15 is 0 Å². The molecule has 5 heteroatoms. The zero-order valence-corrected chi connectivity index (χ0v) is 8.99. The molecule has 3 nitrogen and oxygen atoms in total. The van der Waals surface area contributed by atoms with Crippen molar-refractivity contribution >= 4 is 24.2 Å². The Kier molecular flexibility index (Phi) is 3.92. The quantitative estimate of drug-likeness (QED) is 0.580. The predicted molar refractivity (Wildman–Crippen MR) is 57.8 cm³/mol. The van der Waals surface area contributed by atoms with Crippen molar-refractivity contribution in [1.82, 2.24) is 4.98 Å². The van der Waals surface area contributed by atoms with Gasteiger partial charge < -0.3 is 10.0 Å². The third-order valence-electron chi connectivity index (χ3n) is 2.25. The van der Waals surface area contributed by atoms with E-state index < -0.39 is 7.12 Å². The summed E-state index contributed by atoms with van der Waals surface area (Å²) < 4.78 is 0. The first kappa shape index (κ1) is 11.5. The topological polar surface area (TPSA) is 53.4 Å². The van der Waals surface area contributed by atoms with Crippen LogP contribution in [-0.4, -0.2) is 22.2 Å². The summed E-state index contributed by atoms with van der Waals surface area (Å²) in [6, 6.07) is 3.13. The number of rotatable bonds is 3. The minimum atomic E-state index is -1.49. The maximum absolute atomic E-state index is 9.00. The molecule has 76 valence electrons. The number of nitrogens with zero attached hydrogens (tertiary/aromatic N) is 1.